The van der Waals surface area contributed by atoms with E-state index in [0.29, 0.717) is 22.6 Å². The standard InChI is InChI=1S/C25H26O5S/c1-24(2,3)30-20(26)13-16-14-31-23(15-9-11-17(29-4)12-10-15)25(16)21(27)18-7-5-6-8-19(18)22(25)28/h5-12,16,23H,13-14H2,1-4H3/t16-,23+/m1/s1. The molecular formula is C25H26O5S. The van der Waals surface area contributed by atoms with Gasteiger partial charge in [-0.15, -0.1) is 0 Å². The van der Waals surface area contributed by atoms with Crippen LogP contribution >= 0.6 is 11.8 Å². The second-order valence-corrected chi connectivity index (χ2v) is 10.2. The van der Waals surface area contributed by atoms with E-state index in [-0.39, 0.29) is 29.2 Å². The topological polar surface area (TPSA) is 69.7 Å². The first-order valence-corrected chi connectivity index (χ1v) is 11.4. The molecule has 0 bridgehead atoms. The van der Waals surface area contributed by atoms with Crippen LogP contribution in [0.1, 0.15) is 58.7 Å². The van der Waals surface area contributed by atoms with Crippen molar-refractivity contribution >= 4 is 29.3 Å². The van der Waals surface area contributed by atoms with Crippen LogP contribution in [0.5, 0.6) is 5.75 Å². The van der Waals surface area contributed by atoms with Gasteiger partial charge in [-0.1, -0.05) is 36.4 Å². The van der Waals surface area contributed by atoms with Crippen LogP contribution in [0.4, 0.5) is 0 Å². The third kappa shape index (κ3) is 3.57. The lowest BCUT2D eigenvalue weighted by molar-refractivity contribution is -0.156. The molecule has 0 radical (unpaired) electrons. The minimum Gasteiger partial charge on any atom is -0.497 e. The highest BCUT2D eigenvalue weighted by Gasteiger charge is 2.65. The average Bonchev–Trinajstić information content (AvgIpc) is 3.20. The molecule has 1 heterocycles. The zero-order valence-corrected chi connectivity index (χ0v) is 19.0. The van der Waals surface area contributed by atoms with E-state index in [4.69, 9.17) is 9.47 Å². The molecule has 2 aliphatic rings. The lowest BCUT2D eigenvalue weighted by Crippen LogP contribution is -2.43. The normalized spacial score (nSPS) is 21.9. The second kappa shape index (κ2) is 7.83. The van der Waals surface area contributed by atoms with E-state index < -0.39 is 16.9 Å². The van der Waals surface area contributed by atoms with Crippen molar-refractivity contribution in [3.8, 4) is 5.75 Å². The van der Waals surface area contributed by atoms with Gasteiger partial charge in [0.2, 0.25) is 0 Å². The molecule has 2 atom stereocenters. The molecule has 0 aromatic heterocycles. The van der Waals surface area contributed by atoms with E-state index in [2.05, 4.69) is 0 Å². The number of ether oxygens (including phenoxy) is 2. The minimum atomic E-state index is -1.31. The maximum atomic E-state index is 13.8. The molecule has 0 amide bonds. The van der Waals surface area contributed by atoms with Gasteiger partial charge in [-0.2, -0.15) is 11.8 Å². The average molecular weight is 439 g/mol. The smallest absolute Gasteiger partial charge is 0.306 e. The van der Waals surface area contributed by atoms with Crippen LogP contribution in [0.3, 0.4) is 0 Å². The van der Waals surface area contributed by atoms with Crippen molar-refractivity contribution in [1.82, 2.24) is 0 Å². The first kappa shape index (κ1) is 21.6. The van der Waals surface area contributed by atoms with Crippen molar-refractivity contribution in [3.63, 3.8) is 0 Å². The van der Waals surface area contributed by atoms with Gasteiger partial charge in [0.15, 0.2) is 11.6 Å². The van der Waals surface area contributed by atoms with Crippen molar-refractivity contribution in [2.45, 2.75) is 38.0 Å². The number of carbonyl (C=O) groups excluding carboxylic acids is 3. The Morgan fingerprint density at radius 1 is 1.03 bits per heavy atom. The zero-order valence-electron chi connectivity index (χ0n) is 18.1. The summed E-state index contributed by atoms with van der Waals surface area (Å²) in [4.78, 5) is 40.3. The number of hydrogen-bond donors (Lipinski definition) is 0. The highest BCUT2D eigenvalue weighted by atomic mass is 32.2. The predicted molar refractivity (Wildman–Crippen MR) is 120 cm³/mol. The van der Waals surface area contributed by atoms with Crippen molar-refractivity contribution in [2.75, 3.05) is 12.9 Å². The van der Waals surface area contributed by atoms with Gasteiger partial charge in [0, 0.05) is 17.0 Å². The number of methoxy groups -OCH3 is 1. The quantitative estimate of drug-likeness (QED) is 0.500. The van der Waals surface area contributed by atoms with Crippen molar-refractivity contribution in [3.05, 3.63) is 65.2 Å². The molecular weight excluding hydrogens is 412 g/mol. The predicted octanol–water partition coefficient (Wildman–Crippen LogP) is 4.90. The molecule has 1 spiro atoms. The monoisotopic (exact) mass is 438 g/mol. The maximum absolute atomic E-state index is 13.8. The number of Topliss-reactive ketones (excluding diaryl/α,β-unsaturated/α-hetero) is 2. The van der Waals surface area contributed by atoms with Crippen LogP contribution in [-0.4, -0.2) is 36.0 Å². The highest BCUT2D eigenvalue weighted by molar-refractivity contribution is 7.99. The third-order valence-electron chi connectivity index (χ3n) is 5.94. The number of fused-ring (bicyclic) bond motifs is 1. The summed E-state index contributed by atoms with van der Waals surface area (Å²) in [5.41, 5.74) is -0.157. The fourth-order valence-electron chi connectivity index (χ4n) is 4.67. The Morgan fingerprint density at radius 3 is 2.13 bits per heavy atom. The Kier molecular flexibility index (Phi) is 5.46. The molecule has 5 nitrogen and oxygen atoms in total. The van der Waals surface area contributed by atoms with Crippen LogP contribution in [0.15, 0.2) is 48.5 Å². The molecule has 31 heavy (non-hydrogen) atoms. The van der Waals surface area contributed by atoms with Crippen molar-refractivity contribution in [2.24, 2.45) is 11.3 Å². The van der Waals surface area contributed by atoms with Crippen LogP contribution in [0.25, 0.3) is 0 Å². The van der Waals surface area contributed by atoms with E-state index >= 15 is 0 Å². The highest BCUT2D eigenvalue weighted by Crippen LogP contribution is 2.62. The first-order valence-electron chi connectivity index (χ1n) is 10.3. The maximum Gasteiger partial charge on any atom is 0.306 e. The lowest BCUT2D eigenvalue weighted by atomic mass is 9.67. The van der Waals surface area contributed by atoms with E-state index in [0.717, 1.165) is 5.56 Å². The largest absolute Gasteiger partial charge is 0.497 e. The fourth-order valence-corrected chi connectivity index (χ4v) is 6.49. The number of carbonyl (C=O) groups is 3. The summed E-state index contributed by atoms with van der Waals surface area (Å²) in [6.45, 7) is 5.43. The Balaban J connectivity index is 1.78. The van der Waals surface area contributed by atoms with Gasteiger partial charge in [0.05, 0.1) is 18.8 Å². The van der Waals surface area contributed by atoms with Gasteiger partial charge in [0.25, 0.3) is 0 Å². The Bertz CT molecular complexity index is 1000. The van der Waals surface area contributed by atoms with E-state index in [9.17, 15) is 14.4 Å². The van der Waals surface area contributed by atoms with Crippen LogP contribution in [0.2, 0.25) is 0 Å². The summed E-state index contributed by atoms with van der Waals surface area (Å²) < 4.78 is 10.8. The van der Waals surface area contributed by atoms with Crippen molar-refractivity contribution < 1.29 is 23.9 Å². The van der Waals surface area contributed by atoms with Gasteiger partial charge in [0.1, 0.15) is 16.8 Å². The molecule has 4 rings (SSSR count). The van der Waals surface area contributed by atoms with E-state index in [1.165, 1.54) is 0 Å². The third-order valence-corrected chi connectivity index (χ3v) is 7.51. The molecule has 1 aliphatic carbocycles. The Labute approximate surface area is 186 Å². The summed E-state index contributed by atoms with van der Waals surface area (Å²) in [6, 6.07) is 14.4. The SMILES string of the molecule is COc1ccc([C@@H]2SC[C@@H](CC(=O)OC(C)(C)C)C23C(=O)c2ccccc2C3=O)cc1. The van der Waals surface area contributed by atoms with Crippen LogP contribution < -0.4 is 4.74 Å². The molecule has 1 aliphatic heterocycles. The summed E-state index contributed by atoms with van der Waals surface area (Å²) in [5.74, 6) is 0.0381. The number of thioether (sulfide) groups is 1. The zero-order chi connectivity index (χ0) is 22.4. The summed E-state index contributed by atoms with van der Waals surface area (Å²) in [6.07, 6.45) is 0.0302. The Morgan fingerprint density at radius 2 is 1.61 bits per heavy atom. The van der Waals surface area contributed by atoms with Gasteiger partial charge in [-0.25, -0.2) is 0 Å². The Hall–Kier alpha value is -2.60. The molecule has 2 aromatic rings. The molecule has 2 aromatic carbocycles. The minimum absolute atomic E-state index is 0.0302. The summed E-state index contributed by atoms with van der Waals surface area (Å²) >= 11 is 1.56. The van der Waals surface area contributed by atoms with Gasteiger partial charge < -0.3 is 9.47 Å². The summed E-state index contributed by atoms with van der Waals surface area (Å²) in [5, 5.41) is -0.377. The number of esters is 1. The molecule has 0 N–H and O–H groups in total. The fraction of sp³-hybridized carbons (Fsp3) is 0.400. The molecule has 6 heteroatoms. The van der Waals surface area contributed by atoms with Crippen molar-refractivity contribution in [1.29, 1.82) is 0 Å². The van der Waals surface area contributed by atoms with E-state index in [1.54, 1.807) is 43.1 Å². The molecule has 0 saturated carbocycles. The first-order chi connectivity index (χ1) is 14.7. The van der Waals surface area contributed by atoms with Crippen LogP contribution in [0, 0.1) is 11.3 Å². The summed E-state index contributed by atoms with van der Waals surface area (Å²) in [7, 11) is 1.60. The number of hydrogen-bond acceptors (Lipinski definition) is 6. The molecule has 162 valence electrons. The number of benzene rings is 2. The lowest BCUT2D eigenvalue weighted by Gasteiger charge is -2.33. The van der Waals surface area contributed by atoms with Crippen LogP contribution in [-0.2, 0) is 9.53 Å². The number of ketones is 2. The van der Waals surface area contributed by atoms with Gasteiger partial charge >= 0.3 is 5.97 Å². The van der Waals surface area contributed by atoms with Gasteiger partial charge in [-0.3, -0.25) is 14.4 Å². The number of rotatable bonds is 4. The molecule has 0 unspecified atom stereocenters. The van der Waals surface area contributed by atoms with E-state index in [1.807, 2.05) is 45.0 Å². The molecule has 1 fully saturated rings. The van der Waals surface area contributed by atoms with Gasteiger partial charge in [-0.05, 0) is 44.2 Å². The second-order valence-electron chi connectivity index (χ2n) is 9.05. The molecule has 1 saturated heterocycles.